The summed E-state index contributed by atoms with van der Waals surface area (Å²) >= 11 is 3.44. The molecule has 0 saturated carbocycles. The molecule has 0 aliphatic carbocycles. The molecule has 1 atom stereocenters. The zero-order valence-electron chi connectivity index (χ0n) is 10.1. The minimum atomic E-state index is -0.225. The normalized spacial score (nSPS) is 12.8. The number of hydrogen-bond acceptors (Lipinski definition) is 2. The van der Waals surface area contributed by atoms with Gasteiger partial charge < -0.3 is 4.98 Å². The van der Waals surface area contributed by atoms with Gasteiger partial charge in [-0.1, -0.05) is 29.3 Å². The molecule has 2 rings (SSSR count). The molecule has 5 heteroatoms. The predicted molar refractivity (Wildman–Crippen MR) is 75.5 cm³/mol. The predicted octanol–water partition coefficient (Wildman–Crippen LogP) is 4.09. The Morgan fingerprint density at radius 1 is 1.50 bits per heavy atom. The van der Waals surface area contributed by atoms with Crippen molar-refractivity contribution in [3.63, 3.8) is 0 Å². The highest BCUT2D eigenvalue weighted by Crippen LogP contribution is 2.30. The first-order valence-electron chi connectivity index (χ1n) is 6.00. The van der Waals surface area contributed by atoms with Crippen LogP contribution in [-0.4, -0.2) is 16.5 Å². The van der Waals surface area contributed by atoms with E-state index in [2.05, 4.69) is 27.8 Å². The van der Waals surface area contributed by atoms with Crippen LogP contribution in [0.25, 0.3) is 10.9 Å². The van der Waals surface area contributed by atoms with Gasteiger partial charge in [0.05, 0.1) is 5.92 Å². The van der Waals surface area contributed by atoms with E-state index in [0.29, 0.717) is 0 Å². The number of nitrogens with one attached hydrogen (secondary N) is 1. The van der Waals surface area contributed by atoms with E-state index in [1.54, 1.807) is 0 Å². The van der Waals surface area contributed by atoms with E-state index in [-0.39, 0.29) is 17.4 Å². The summed E-state index contributed by atoms with van der Waals surface area (Å²) in [5, 5.41) is 11.8. The molecule has 0 spiro atoms. The van der Waals surface area contributed by atoms with Gasteiger partial charge in [-0.2, -0.15) is 0 Å². The fraction of sp³-hybridized carbons (Fsp3) is 0.385. The van der Waals surface area contributed by atoms with Crippen molar-refractivity contribution in [2.45, 2.75) is 25.7 Å². The molecular weight excluding hydrogens is 296 g/mol. The SMILES string of the molecule is CCC[C@H](C[N+](=O)[O-])c1c[nH]c2ccc(Br)cc12. The van der Waals surface area contributed by atoms with Crippen molar-refractivity contribution in [3.05, 3.63) is 44.5 Å². The zero-order chi connectivity index (χ0) is 13.1. The van der Waals surface area contributed by atoms with Gasteiger partial charge in [-0.3, -0.25) is 10.1 Å². The third kappa shape index (κ3) is 2.72. The van der Waals surface area contributed by atoms with E-state index in [1.807, 2.05) is 24.4 Å². The molecule has 0 radical (unpaired) electrons. The lowest BCUT2D eigenvalue weighted by Gasteiger charge is -2.10. The number of aromatic amines is 1. The number of benzene rings is 1. The Labute approximate surface area is 114 Å². The summed E-state index contributed by atoms with van der Waals surface area (Å²) in [6, 6.07) is 5.97. The second kappa shape index (κ2) is 5.52. The molecule has 1 aromatic heterocycles. The summed E-state index contributed by atoms with van der Waals surface area (Å²) in [6.07, 6.45) is 3.68. The second-order valence-corrected chi connectivity index (χ2v) is 5.35. The van der Waals surface area contributed by atoms with Crippen LogP contribution in [0.3, 0.4) is 0 Å². The Kier molecular flexibility index (Phi) is 4.01. The van der Waals surface area contributed by atoms with Crippen molar-refractivity contribution < 1.29 is 4.92 Å². The Morgan fingerprint density at radius 3 is 2.94 bits per heavy atom. The molecular formula is C13H15BrN2O2. The number of halogens is 1. The molecule has 0 aliphatic rings. The number of aromatic nitrogens is 1. The topological polar surface area (TPSA) is 58.9 Å². The summed E-state index contributed by atoms with van der Waals surface area (Å²) in [4.78, 5) is 13.7. The largest absolute Gasteiger partial charge is 0.361 e. The van der Waals surface area contributed by atoms with Gasteiger partial charge in [0.2, 0.25) is 6.54 Å². The van der Waals surface area contributed by atoms with Crippen molar-refractivity contribution in [3.8, 4) is 0 Å². The summed E-state index contributed by atoms with van der Waals surface area (Å²) in [5.41, 5.74) is 2.07. The number of hydrogen-bond donors (Lipinski definition) is 1. The Balaban J connectivity index is 2.42. The van der Waals surface area contributed by atoms with Crippen molar-refractivity contribution in [1.29, 1.82) is 0 Å². The molecule has 0 unspecified atom stereocenters. The molecule has 1 N–H and O–H groups in total. The molecule has 96 valence electrons. The number of H-pyrrole nitrogens is 1. The maximum Gasteiger partial charge on any atom is 0.210 e. The average molecular weight is 311 g/mol. The van der Waals surface area contributed by atoms with Crippen LogP contribution in [0.1, 0.15) is 31.2 Å². The van der Waals surface area contributed by atoms with Gasteiger partial charge in [-0.15, -0.1) is 0 Å². The summed E-state index contributed by atoms with van der Waals surface area (Å²) in [5.74, 6) is -0.0203. The lowest BCUT2D eigenvalue weighted by Crippen LogP contribution is -2.12. The fourth-order valence-corrected chi connectivity index (χ4v) is 2.69. The number of nitro groups is 1. The van der Waals surface area contributed by atoms with Crippen LogP contribution in [0.2, 0.25) is 0 Å². The van der Waals surface area contributed by atoms with Crippen LogP contribution in [0.5, 0.6) is 0 Å². The Morgan fingerprint density at radius 2 is 2.28 bits per heavy atom. The van der Waals surface area contributed by atoms with E-state index >= 15 is 0 Å². The van der Waals surface area contributed by atoms with Crippen molar-refractivity contribution in [2.75, 3.05) is 6.54 Å². The van der Waals surface area contributed by atoms with Crippen LogP contribution >= 0.6 is 15.9 Å². The first-order chi connectivity index (χ1) is 8.61. The number of fused-ring (bicyclic) bond motifs is 1. The standard InChI is InChI=1S/C13H15BrN2O2/c1-2-3-9(8-16(17)18)12-7-15-13-5-4-10(14)6-11(12)13/h4-7,9,15H,2-3,8H2,1H3/t9-/m1/s1. The quantitative estimate of drug-likeness (QED) is 0.668. The van der Waals surface area contributed by atoms with Gasteiger partial charge in [0.1, 0.15) is 0 Å². The molecule has 0 saturated heterocycles. The molecule has 1 aromatic carbocycles. The highest BCUT2D eigenvalue weighted by Gasteiger charge is 2.20. The van der Waals surface area contributed by atoms with Crippen LogP contribution in [-0.2, 0) is 0 Å². The molecule has 0 fully saturated rings. The van der Waals surface area contributed by atoms with Crippen LogP contribution in [0.15, 0.2) is 28.9 Å². The fourth-order valence-electron chi connectivity index (χ4n) is 2.33. The lowest BCUT2D eigenvalue weighted by atomic mass is 9.94. The molecule has 4 nitrogen and oxygen atoms in total. The molecule has 18 heavy (non-hydrogen) atoms. The van der Waals surface area contributed by atoms with Gasteiger partial charge in [-0.05, 0) is 30.2 Å². The minimum absolute atomic E-state index is 0.00664. The van der Waals surface area contributed by atoms with Crippen LogP contribution in [0.4, 0.5) is 0 Å². The van der Waals surface area contributed by atoms with Crippen molar-refractivity contribution in [1.82, 2.24) is 4.98 Å². The van der Waals surface area contributed by atoms with E-state index in [0.717, 1.165) is 33.8 Å². The molecule has 0 aliphatic heterocycles. The van der Waals surface area contributed by atoms with Gasteiger partial charge in [0, 0.05) is 26.5 Å². The number of nitrogens with zero attached hydrogens (tertiary/aromatic N) is 1. The third-order valence-corrected chi connectivity index (χ3v) is 3.62. The highest BCUT2D eigenvalue weighted by molar-refractivity contribution is 9.10. The van der Waals surface area contributed by atoms with Gasteiger partial charge in [0.25, 0.3) is 0 Å². The average Bonchev–Trinajstić information content (AvgIpc) is 2.70. The molecule has 1 heterocycles. The summed E-state index contributed by atoms with van der Waals surface area (Å²) in [6.45, 7) is 2.05. The maximum atomic E-state index is 10.8. The Bertz CT molecular complexity index is 565. The van der Waals surface area contributed by atoms with E-state index in [4.69, 9.17) is 0 Å². The maximum absolute atomic E-state index is 10.8. The highest BCUT2D eigenvalue weighted by atomic mass is 79.9. The summed E-state index contributed by atoms with van der Waals surface area (Å²) < 4.78 is 0.993. The lowest BCUT2D eigenvalue weighted by molar-refractivity contribution is -0.483. The van der Waals surface area contributed by atoms with E-state index in [9.17, 15) is 10.1 Å². The van der Waals surface area contributed by atoms with Gasteiger partial charge in [0.15, 0.2) is 0 Å². The first-order valence-corrected chi connectivity index (χ1v) is 6.79. The zero-order valence-corrected chi connectivity index (χ0v) is 11.7. The third-order valence-electron chi connectivity index (χ3n) is 3.12. The second-order valence-electron chi connectivity index (χ2n) is 4.43. The van der Waals surface area contributed by atoms with Crippen molar-refractivity contribution in [2.24, 2.45) is 0 Å². The minimum Gasteiger partial charge on any atom is -0.361 e. The van der Waals surface area contributed by atoms with E-state index in [1.165, 1.54) is 0 Å². The molecule has 0 amide bonds. The van der Waals surface area contributed by atoms with E-state index < -0.39 is 0 Å². The molecule has 2 aromatic rings. The molecule has 0 bridgehead atoms. The van der Waals surface area contributed by atoms with Gasteiger partial charge >= 0.3 is 0 Å². The Hall–Kier alpha value is -1.36. The smallest absolute Gasteiger partial charge is 0.210 e. The van der Waals surface area contributed by atoms with Gasteiger partial charge in [-0.25, -0.2) is 0 Å². The monoisotopic (exact) mass is 310 g/mol. The first kappa shape index (κ1) is 13.1. The summed E-state index contributed by atoms with van der Waals surface area (Å²) in [7, 11) is 0. The van der Waals surface area contributed by atoms with Crippen LogP contribution < -0.4 is 0 Å². The number of rotatable bonds is 5. The van der Waals surface area contributed by atoms with Crippen molar-refractivity contribution >= 4 is 26.8 Å². The van der Waals surface area contributed by atoms with Crippen LogP contribution in [0, 0.1) is 10.1 Å².